The largest absolute Gasteiger partial charge is 0.306 e. The van der Waals surface area contributed by atoms with Crippen molar-refractivity contribution in [2.24, 2.45) is 0 Å². The summed E-state index contributed by atoms with van der Waals surface area (Å²) < 4.78 is 15.2. The first kappa shape index (κ1) is 21.2. The number of carbonyl (C=O) groups excluding carboxylic acids is 2. The summed E-state index contributed by atoms with van der Waals surface area (Å²) in [7, 11) is 0. The molecule has 148 valence electrons. The maximum Gasteiger partial charge on any atom is 0.237 e. The number of anilines is 1. The van der Waals surface area contributed by atoms with Crippen LogP contribution in [0.15, 0.2) is 76.2 Å². The van der Waals surface area contributed by atoms with Crippen LogP contribution in [0, 0.1) is 5.82 Å². The Morgan fingerprint density at radius 2 is 1.86 bits per heavy atom. The van der Waals surface area contributed by atoms with Crippen LogP contribution >= 0.6 is 27.7 Å². The number of Topliss-reactive ketones (excluding diaryl/α,β-unsaturated/α-hetero) is 1. The maximum atomic E-state index is 14.3. The topological polar surface area (TPSA) is 50.3 Å². The Bertz CT molecular complexity index is 1010. The molecule has 0 unspecified atom stereocenters. The fourth-order valence-electron chi connectivity index (χ4n) is 2.65. The SMILES string of the molecule is CC(=O)c1ccc(SCC(=O)N(Cc2ccccn2)c2ccc(Br)cc2)c(F)c1. The van der Waals surface area contributed by atoms with Crippen molar-refractivity contribution in [2.75, 3.05) is 10.7 Å². The van der Waals surface area contributed by atoms with E-state index in [0.717, 1.165) is 27.6 Å². The monoisotopic (exact) mass is 472 g/mol. The molecule has 1 aromatic heterocycles. The number of rotatable bonds is 7. The fraction of sp³-hybridized carbons (Fsp3) is 0.136. The van der Waals surface area contributed by atoms with Crippen molar-refractivity contribution in [1.82, 2.24) is 4.98 Å². The summed E-state index contributed by atoms with van der Waals surface area (Å²) >= 11 is 4.50. The van der Waals surface area contributed by atoms with Gasteiger partial charge in [0.15, 0.2) is 5.78 Å². The van der Waals surface area contributed by atoms with E-state index in [4.69, 9.17) is 0 Å². The van der Waals surface area contributed by atoms with Crippen LogP contribution in [0.25, 0.3) is 0 Å². The molecule has 0 spiro atoms. The first-order chi connectivity index (χ1) is 13.9. The van der Waals surface area contributed by atoms with E-state index in [1.807, 2.05) is 42.5 Å². The van der Waals surface area contributed by atoms with E-state index in [1.54, 1.807) is 17.2 Å². The van der Waals surface area contributed by atoms with E-state index in [2.05, 4.69) is 20.9 Å². The summed E-state index contributed by atoms with van der Waals surface area (Å²) in [4.78, 5) is 30.6. The standard InChI is InChI=1S/C22H18BrFN2O2S/c1-15(27)16-5-10-21(20(24)12-16)29-14-22(28)26(13-18-4-2-3-11-25-18)19-8-6-17(23)7-9-19/h2-12H,13-14H2,1H3. The minimum Gasteiger partial charge on any atom is -0.306 e. The van der Waals surface area contributed by atoms with Crippen LogP contribution in [0.3, 0.4) is 0 Å². The quantitative estimate of drug-likeness (QED) is 0.336. The van der Waals surface area contributed by atoms with E-state index in [-0.39, 0.29) is 17.4 Å². The molecule has 0 saturated heterocycles. The van der Waals surface area contributed by atoms with Gasteiger partial charge in [0.05, 0.1) is 18.0 Å². The number of nitrogens with zero attached hydrogens (tertiary/aromatic N) is 2. The summed E-state index contributed by atoms with van der Waals surface area (Å²) in [5.74, 6) is -0.819. The third-order valence-electron chi connectivity index (χ3n) is 4.18. The van der Waals surface area contributed by atoms with Crippen molar-refractivity contribution in [3.05, 3.63) is 88.4 Å². The number of carbonyl (C=O) groups is 2. The number of ketones is 1. The highest BCUT2D eigenvalue weighted by molar-refractivity contribution is 9.10. The van der Waals surface area contributed by atoms with E-state index in [9.17, 15) is 14.0 Å². The molecule has 7 heteroatoms. The first-order valence-electron chi connectivity index (χ1n) is 8.83. The van der Waals surface area contributed by atoms with Crippen LogP contribution in [-0.2, 0) is 11.3 Å². The van der Waals surface area contributed by atoms with Crippen LogP contribution in [0.4, 0.5) is 10.1 Å². The number of amides is 1. The number of hydrogen-bond donors (Lipinski definition) is 0. The highest BCUT2D eigenvalue weighted by Crippen LogP contribution is 2.26. The molecule has 0 aliphatic heterocycles. The minimum absolute atomic E-state index is 0.0548. The lowest BCUT2D eigenvalue weighted by molar-refractivity contribution is -0.116. The van der Waals surface area contributed by atoms with Crippen LogP contribution in [-0.4, -0.2) is 22.4 Å². The van der Waals surface area contributed by atoms with Crippen molar-refractivity contribution in [1.29, 1.82) is 0 Å². The summed E-state index contributed by atoms with van der Waals surface area (Å²) in [6.45, 7) is 1.70. The molecule has 1 amide bonds. The van der Waals surface area contributed by atoms with Crippen molar-refractivity contribution >= 4 is 45.1 Å². The Balaban J connectivity index is 1.77. The average Bonchev–Trinajstić information content (AvgIpc) is 2.72. The van der Waals surface area contributed by atoms with Crippen molar-refractivity contribution in [3.8, 4) is 0 Å². The molecule has 0 N–H and O–H groups in total. The number of benzene rings is 2. The van der Waals surface area contributed by atoms with Gasteiger partial charge in [0.25, 0.3) is 0 Å². The zero-order valence-corrected chi connectivity index (χ0v) is 18.0. The van der Waals surface area contributed by atoms with Gasteiger partial charge >= 0.3 is 0 Å². The van der Waals surface area contributed by atoms with Gasteiger partial charge in [0.1, 0.15) is 5.82 Å². The molecule has 0 saturated carbocycles. The van der Waals surface area contributed by atoms with E-state index >= 15 is 0 Å². The number of hydrogen-bond acceptors (Lipinski definition) is 4. The van der Waals surface area contributed by atoms with Crippen LogP contribution in [0.1, 0.15) is 23.0 Å². The number of halogens is 2. The molecule has 29 heavy (non-hydrogen) atoms. The van der Waals surface area contributed by atoms with Crippen LogP contribution in [0.5, 0.6) is 0 Å². The molecule has 0 bridgehead atoms. The molecule has 3 rings (SSSR count). The van der Waals surface area contributed by atoms with Gasteiger partial charge in [-0.2, -0.15) is 0 Å². The molecule has 2 aromatic carbocycles. The molecule has 3 aromatic rings. The van der Waals surface area contributed by atoms with Gasteiger partial charge < -0.3 is 4.90 Å². The summed E-state index contributed by atoms with van der Waals surface area (Å²) in [6.07, 6.45) is 1.68. The third-order valence-corrected chi connectivity index (χ3v) is 5.74. The Hall–Kier alpha value is -2.51. The Morgan fingerprint density at radius 3 is 2.48 bits per heavy atom. The summed E-state index contributed by atoms with van der Waals surface area (Å²) in [5.41, 5.74) is 1.80. The Kier molecular flexibility index (Phi) is 7.17. The Morgan fingerprint density at radius 1 is 1.10 bits per heavy atom. The Labute approximate surface area is 181 Å². The van der Waals surface area contributed by atoms with Crippen molar-refractivity contribution in [2.45, 2.75) is 18.4 Å². The van der Waals surface area contributed by atoms with Crippen molar-refractivity contribution in [3.63, 3.8) is 0 Å². The van der Waals surface area contributed by atoms with E-state index < -0.39 is 5.82 Å². The summed E-state index contributed by atoms with van der Waals surface area (Å²) in [5, 5.41) is 0. The molecule has 0 radical (unpaired) electrons. The molecule has 0 aliphatic carbocycles. The van der Waals surface area contributed by atoms with Gasteiger partial charge in [-0.25, -0.2) is 4.39 Å². The van der Waals surface area contributed by atoms with Crippen molar-refractivity contribution < 1.29 is 14.0 Å². The molecule has 0 atom stereocenters. The lowest BCUT2D eigenvalue weighted by Gasteiger charge is -2.22. The van der Waals surface area contributed by atoms with E-state index in [1.165, 1.54) is 19.1 Å². The fourth-order valence-corrected chi connectivity index (χ4v) is 3.71. The molecule has 1 heterocycles. The minimum atomic E-state index is -0.504. The van der Waals surface area contributed by atoms with Gasteiger partial charge in [0, 0.05) is 26.8 Å². The normalized spacial score (nSPS) is 10.6. The predicted octanol–water partition coefficient (Wildman–Crippen LogP) is 5.51. The lowest BCUT2D eigenvalue weighted by atomic mass is 10.1. The van der Waals surface area contributed by atoms with Gasteiger partial charge in [-0.3, -0.25) is 14.6 Å². The zero-order chi connectivity index (χ0) is 20.8. The van der Waals surface area contributed by atoms with Gasteiger partial charge in [-0.15, -0.1) is 11.8 Å². The first-order valence-corrected chi connectivity index (χ1v) is 10.6. The molecule has 4 nitrogen and oxygen atoms in total. The number of pyridine rings is 1. The van der Waals surface area contributed by atoms with Crippen LogP contribution < -0.4 is 4.90 Å². The number of aromatic nitrogens is 1. The van der Waals surface area contributed by atoms with Gasteiger partial charge in [-0.05, 0) is 55.5 Å². The smallest absolute Gasteiger partial charge is 0.237 e. The molecule has 0 aliphatic rings. The third kappa shape index (κ3) is 5.74. The zero-order valence-electron chi connectivity index (χ0n) is 15.6. The van der Waals surface area contributed by atoms with Crippen LogP contribution in [0.2, 0.25) is 0 Å². The van der Waals surface area contributed by atoms with Gasteiger partial charge in [-0.1, -0.05) is 28.1 Å². The average molecular weight is 473 g/mol. The number of thioether (sulfide) groups is 1. The second kappa shape index (κ2) is 9.80. The second-order valence-corrected chi connectivity index (χ2v) is 8.20. The highest BCUT2D eigenvalue weighted by atomic mass is 79.9. The lowest BCUT2D eigenvalue weighted by Crippen LogP contribution is -2.32. The molecular formula is C22H18BrFN2O2S. The summed E-state index contributed by atoms with van der Waals surface area (Å²) in [6, 6.07) is 17.3. The van der Waals surface area contributed by atoms with E-state index in [0.29, 0.717) is 17.0 Å². The predicted molar refractivity (Wildman–Crippen MR) is 117 cm³/mol. The highest BCUT2D eigenvalue weighted by Gasteiger charge is 2.18. The maximum absolute atomic E-state index is 14.3. The van der Waals surface area contributed by atoms with Gasteiger partial charge in [0.2, 0.25) is 5.91 Å². The molecular weight excluding hydrogens is 455 g/mol. The second-order valence-electron chi connectivity index (χ2n) is 6.27. The molecule has 0 fully saturated rings.